The lowest BCUT2D eigenvalue weighted by atomic mass is 10.1. The quantitative estimate of drug-likeness (QED) is 0.622. The van der Waals surface area contributed by atoms with Crippen molar-refractivity contribution in [1.82, 2.24) is 5.32 Å². The number of carboxylic acid groups (broad SMARTS) is 1. The molecule has 0 spiro atoms. The molecule has 0 aliphatic heterocycles. The third-order valence-corrected chi connectivity index (χ3v) is 2.11. The first-order valence-corrected chi connectivity index (χ1v) is 5.15. The average Bonchev–Trinajstić information content (AvgIpc) is 2.26. The molecule has 1 amide bonds. The number of nitro groups is 1. The molecule has 18 heavy (non-hydrogen) atoms. The normalized spacial score (nSPS) is 10.2. The second kappa shape index (κ2) is 5.26. The van der Waals surface area contributed by atoms with E-state index in [0.717, 1.165) is 18.2 Å². The number of carboxylic acids is 1. The molecule has 0 aromatic heterocycles. The Kier molecular flexibility index (Phi) is 3.98. The fourth-order valence-corrected chi connectivity index (χ4v) is 1.36. The van der Waals surface area contributed by atoms with Gasteiger partial charge < -0.3 is 10.4 Å². The predicted molar refractivity (Wildman–Crippen MR) is 62.7 cm³/mol. The summed E-state index contributed by atoms with van der Waals surface area (Å²) in [7, 11) is 0. The number of benzene rings is 1. The molecule has 7 nitrogen and oxygen atoms in total. The number of aromatic carboxylic acids is 1. The van der Waals surface area contributed by atoms with Crippen molar-refractivity contribution in [2.75, 3.05) is 0 Å². The van der Waals surface area contributed by atoms with Crippen LogP contribution < -0.4 is 5.32 Å². The van der Waals surface area contributed by atoms with Gasteiger partial charge in [-0.2, -0.15) is 0 Å². The molecular weight excluding hydrogens is 240 g/mol. The molecule has 1 aromatic rings. The average molecular weight is 252 g/mol. The van der Waals surface area contributed by atoms with Gasteiger partial charge in [0, 0.05) is 18.2 Å². The number of amides is 1. The Morgan fingerprint density at radius 3 is 2.39 bits per heavy atom. The largest absolute Gasteiger partial charge is 0.478 e. The van der Waals surface area contributed by atoms with Gasteiger partial charge in [-0.15, -0.1) is 0 Å². The van der Waals surface area contributed by atoms with Crippen LogP contribution in [0.2, 0.25) is 0 Å². The zero-order chi connectivity index (χ0) is 13.9. The van der Waals surface area contributed by atoms with Gasteiger partial charge in [-0.1, -0.05) is 0 Å². The van der Waals surface area contributed by atoms with Gasteiger partial charge in [0.05, 0.1) is 16.1 Å². The van der Waals surface area contributed by atoms with Crippen molar-refractivity contribution < 1.29 is 19.6 Å². The highest BCUT2D eigenvalue weighted by molar-refractivity contribution is 6.05. The Morgan fingerprint density at radius 2 is 1.94 bits per heavy atom. The number of nitro benzene ring substituents is 1. The van der Waals surface area contributed by atoms with E-state index in [0.29, 0.717) is 0 Å². The van der Waals surface area contributed by atoms with Crippen LogP contribution in [-0.4, -0.2) is 27.9 Å². The van der Waals surface area contributed by atoms with Gasteiger partial charge in [0.1, 0.15) is 0 Å². The van der Waals surface area contributed by atoms with Crippen LogP contribution in [0.25, 0.3) is 0 Å². The molecule has 0 bridgehead atoms. The summed E-state index contributed by atoms with van der Waals surface area (Å²) in [5.74, 6) is -1.95. The number of carbonyl (C=O) groups excluding carboxylic acids is 1. The molecule has 0 heterocycles. The molecule has 0 unspecified atom stereocenters. The highest BCUT2D eigenvalue weighted by atomic mass is 16.6. The van der Waals surface area contributed by atoms with Gasteiger partial charge in [0.15, 0.2) is 0 Å². The standard InChI is InChI=1S/C11H12N2O5/c1-6(2)12-10(14)8-4-3-7(13(17)18)5-9(8)11(15)16/h3-6H,1-2H3,(H,12,14)(H,15,16). The minimum Gasteiger partial charge on any atom is -0.478 e. The highest BCUT2D eigenvalue weighted by Crippen LogP contribution is 2.18. The topological polar surface area (TPSA) is 110 Å². The highest BCUT2D eigenvalue weighted by Gasteiger charge is 2.20. The van der Waals surface area contributed by atoms with Crippen LogP contribution >= 0.6 is 0 Å². The number of rotatable bonds is 4. The first-order valence-electron chi connectivity index (χ1n) is 5.15. The van der Waals surface area contributed by atoms with E-state index in [-0.39, 0.29) is 22.9 Å². The van der Waals surface area contributed by atoms with Crippen molar-refractivity contribution in [1.29, 1.82) is 0 Å². The molecule has 0 saturated heterocycles. The van der Waals surface area contributed by atoms with E-state index in [1.807, 2.05) is 0 Å². The minimum atomic E-state index is -1.38. The summed E-state index contributed by atoms with van der Waals surface area (Å²) >= 11 is 0. The molecule has 7 heteroatoms. The Hall–Kier alpha value is -2.44. The van der Waals surface area contributed by atoms with Gasteiger partial charge in [0.2, 0.25) is 0 Å². The minimum absolute atomic E-state index is 0.0956. The summed E-state index contributed by atoms with van der Waals surface area (Å²) in [6.07, 6.45) is 0. The maximum Gasteiger partial charge on any atom is 0.336 e. The van der Waals surface area contributed by atoms with E-state index in [4.69, 9.17) is 5.11 Å². The van der Waals surface area contributed by atoms with E-state index in [1.54, 1.807) is 13.8 Å². The fourth-order valence-electron chi connectivity index (χ4n) is 1.36. The second-order valence-corrected chi connectivity index (χ2v) is 3.92. The van der Waals surface area contributed by atoms with Crippen molar-refractivity contribution in [3.05, 3.63) is 39.4 Å². The number of hydrogen-bond acceptors (Lipinski definition) is 4. The van der Waals surface area contributed by atoms with E-state index in [2.05, 4.69) is 5.32 Å². The van der Waals surface area contributed by atoms with Crippen LogP contribution in [0, 0.1) is 10.1 Å². The van der Waals surface area contributed by atoms with E-state index in [1.165, 1.54) is 0 Å². The lowest BCUT2D eigenvalue weighted by Crippen LogP contribution is -2.31. The number of nitrogens with zero attached hydrogens (tertiary/aromatic N) is 1. The Balaban J connectivity index is 3.23. The summed E-state index contributed by atoms with van der Waals surface area (Å²) in [6.45, 7) is 3.45. The lowest BCUT2D eigenvalue weighted by Gasteiger charge is -2.10. The maximum absolute atomic E-state index is 11.7. The number of hydrogen-bond donors (Lipinski definition) is 2. The lowest BCUT2D eigenvalue weighted by molar-refractivity contribution is -0.384. The summed E-state index contributed by atoms with van der Waals surface area (Å²) in [5, 5.41) is 22.0. The predicted octanol–water partition coefficient (Wildman–Crippen LogP) is 1.43. The SMILES string of the molecule is CC(C)NC(=O)c1ccc([N+](=O)[O-])cc1C(=O)O. The van der Waals surface area contributed by atoms with Gasteiger partial charge in [-0.05, 0) is 19.9 Å². The first kappa shape index (κ1) is 13.6. The van der Waals surface area contributed by atoms with Gasteiger partial charge in [0.25, 0.3) is 11.6 Å². The smallest absolute Gasteiger partial charge is 0.336 e. The van der Waals surface area contributed by atoms with Crippen molar-refractivity contribution in [3.63, 3.8) is 0 Å². The van der Waals surface area contributed by atoms with Gasteiger partial charge in [-0.3, -0.25) is 14.9 Å². The van der Waals surface area contributed by atoms with Crippen molar-refractivity contribution >= 4 is 17.6 Å². The molecule has 1 rings (SSSR count). The molecule has 0 aliphatic carbocycles. The number of non-ortho nitro benzene ring substituents is 1. The zero-order valence-electron chi connectivity index (χ0n) is 9.84. The molecule has 0 fully saturated rings. The first-order chi connectivity index (χ1) is 8.32. The van der Waals surface area contributed by atoms with E-state index in [9.17, 15) is 19.7 Å². The summed E-state index contributed by atoms with van der Waals surface area (Å²) in [5.41, 5.74) is -0.849. The summed E-state index contributed by atoms with van der Waals surface area (Å²) in [4.78, 5) is 32.5. The summed E-state index contributed by atoms with van der Waals surface area (Å²) < 4.78 is 0. The van der Waals surface area contributed by atoms with Crippen LogP contribution in [-0.2, 0) is 0 Å². The Labute approximate surface area is 103 Å². The van der Waals surface area contributed by atoms with E-state index >= 15 is 0 Å². The molecule has 0 aliphatic rings. The van der Waals surface area contributed by atoms with E-state index < -0.39 is 16.8 Å². The maximum atomic E-state index is 11.7. The van der Waals surface area contributed by atoms with Gasteiger partial charge >= 0.3 is 5.97 Å². The summed E-state index contributed by atoms with van der Waals surface area (Å²) in [6, 6.07) is 2.95. The Bertz CT molecular complexity index is 510. The monoisotopic (exact) mass is 252 g/mol. The molecule has 96 valence electrons. The third kappa shape index (κ3) is 3.03. The zero-order valence-corrected chi connectivity index (χ0v) is 9.84. The molecule has 0 radical (unpaired) electrons. The molecule has 2 N–H and O–H groups in total. The van der Waals surface area contributed by atoms with Crippen LogP contribution in [0.4, 0.5) is 5.69 Å². The molecule has 1 aromatic carbocycles. The fraction of sp³-hybridized carbons (Fsp3) is 0.273. The third-order valence-electron chi connectivity index (χ3n) is 2.11. The molecular formula is C11H12N2O5. The van der Waals surface area contributed by atoms with Crippen molar-refractivity contribution in [3.8, 4) is 0 Å². The van der Waals surface area contributed by atoms with Crippen LogP contribution in [0.3, 0.4) is 0 Å². The second-order valence-electron chi connectivity index (χ2n) is 3.92. The van der Waals surface area contributed by atoms with Crippen molar-refractivity contribution in [2.24, 2.45) is 0 Å². The number of carbonyl (C=O) groups is 2. The van der Waals surface area contributed by atoms with Crippen LogP contribution in [0.5, 0.6) is 0 Å². The molecule has 0 atom stereocenters. The number of nitrogens with one attached hydrogen (secondary N) is 1. The van der Waals surface area contributed by atoms with Crippen LogP contribution in [0.1, 0.15) is 34.6 Å². The molecule has 0 saturated carbocycles. The Morgan fingerprint density at radius 1 is 1.33 bits per heavy atom. The van der Waals surface area contributed by atoms with Crippen LogP contribution in [0.15, 0.2) is 18.2 Å². The van der Waals surface area contributed by atoms with Crippen molar-refractivity contribution in [2.45, 2.75) is 19.9 Å². The van der Waals surface area contributed by atoms with Gasteiger partial charge in [-0.25, -0.2) is 4.79 Å².